The summed E-state index contributed by atoms with van der Waals surface area (Å²) in [6, 6.07) is 0. The lowest BCUT2D eigenvalue weighted by molar-refractivity contribution is 0.200. The average Bonchev–Trinajstić information content (AvgIpc) is 1.87. The van der Waals surface area contributed by atoms with E-state index in [-0.39, 0.29) is 5.82 Å². The Morgan fingerprint density at radius 1 is 1.60 bits per heavy atom. The second-order valence-corrected chi connectivity index (χ2v) is 1.88. The van der Waals surface area contributed by atoms with Crippen molar-refractivity contribution < 1.29 is 5.21 Å². The highest BCUT2D eigenvalue weighted by Gasteiger charge is 1.78. The van der Waals surface area contributed by atoms with Crippen molar-refractivity contribution in [2.24, 2.45) is 9.98 Å². The molecule has 0 aromatic rings. The molecule has 0 radical (unpaired) electrons. The predicted octanol–water partition coefficient (Wildman–Crippen LogP) is 0.946. The number of hydrogen-bond donors (Lipinski definition) is 2. The van der Waals surface area contributed by atoms with Gasteiger partial charge in [0, 0.05) is 5.71 Å². The second-order valence-electron chi connectivity index (χ2n) is 1.88. The first-order chi connectivity index (χ1) is 4.66. The molecule has 0 aromatic heterocycles. The Morgan fingerprint density at radius 2 is 2.20 bits per heavy atom. The van der Waals surface area contributed by atoms with E-state index in [0.717, 1.165) is 5.71 Å². The zero-order valence-electron chi connectivity index (χ0n) is 6.13. The molecule has 4 heteroatoms. The van der Waals surface area contributed by atoms with E-state index in [4.69, 9.17) is 5.21 Å². The average molecular weight is 141 g/mol. The number of hydroxylamine groups is 1. The van der Waals surface area contributed by atoms with Crippen molar-refractivity contribution in [3.05, 3.63) is 12.4 Å². The second kappa shape index (κ2) is 4.69. The molecule has 0 aliphatic carbocycles. The summed E-state index contributed by atoms with van der Waals surface area (Å²) in [6.45, 7) is 7.04. The Kier molecular flexibility index (Phi) is 4.15. The molecule has 56 valence electrons. The molecule has 0 bridgehead atoms. The monoisotopic (exact) mass is 141 g/mol. The Balaban J connectivity index is 3.77. The Labute approximate surface area is 60.0 Å². The zero-order valence-corrected chi connectivity index (χ0v) is 6.13. The molecule has 0 saturated carbocycles. The van der Waals surface area contributed by atoms with Gasteiger partial charge < -0.3 is 0 Å². The van der Waals surface area contributed by atoms with Gasteiger partial charge in [-0.2, -0.15) is 0 Å². The van der Waals surface area contributed by atoms with Gasteiger partial charge in [-0.3, -0.25) is 10.7 Å². The van der Waals surface area contributed by atoms with Crippen LogP contribution in [0, 0.1) is 0 Å². The van der Waals surface area contributed by atoms with Crippen molar-refractivity contribution in [3.63, 3.8) is 0 Å². The van der Waals surface area contributed by atoms with Gasteiger partial charge in [-0.05, 0) is 13.8 Å². The predicted molar refractivity (Wildman–Crippen MR) is 41.3 cm³/mol. The highest BCUT2D eigenvalue weighted by molar-refractivity contribution is 5.86. The maximum Gasteiger partial charge on any atom is 0.143 e. The lowest BCUT2D eigenvalue weighted by Crippen LogP contribution is -2.02. The molecule has 0 atom stereocenters. The molecule has 0 unspecified atom stereocenters. The highest BCUT2D eigenvalue weighted by atomic mass is 16.5. The molecular formula is C6H11N3O. The minimum atomic E-state index is 0.171. The summed E-state index contributed by atoms with van der Waals surface area (Å²) in [5.41, 5.74) is 2.67. The fourth-order valence-corrected chi connectivity index (χ4v) is 0.243. The summed E-state index contributed by atoms with van der Waals surface area (Å²) in [7, 11) is 0. The van der Waals surface area contributed by atoms with Crippen molar-refractivity contribution in [2.45, 2.75) is 13.8 Å². The van der Waals surface area contributed by atoms with Gasteiger partial charge in [-0.1, -0.05) is 6.58 Å². The van der Waals surface area contributed by atoms with E-state index in [1.54, 1.807) is 5.48 Å². The van der Waals surface area contributed by atoms with Crippen LogP contribution in [0.4, 0.5) is 0 Å². The molecule has 0 aromatic carbocycles. The quantitative estimate of drug-likeness (QED) is 0.349. The molecule has 0 rings (SSSR count). The van der Waals surface area contributed by atoms with Gasteiger partial charge in [-0.15, -0.1) is 0 Å². The molecule has 0 aliphatic heterocycles. The smallest absolute Gasteiger partial charge is 0.143 e. The summed E-state index contributed by atoms with van der Waals surface area (Å²) in [4.78, 5) is 7.44. The Bertz CT molecular complexity index is 168. The van der Waals surface area contributed by atoms with Crippen molar-refractivity contribution in [1.29, 1.82) is 0 Å². The number of aliphatic imine (C=N–C) groups is 2. The summed E-state index contributed by atoms with van der Waals surface area (Å²) in [6.07, 6.45) is 1.32. The van der Waals surface area contributed by atoms with Crippen molar-refractivity contribution >= 4 is 12.1 Å². The molecule has 4 nitrogen and oxygen atoms in total. The highest BCUT2D eigenvalue weighted by Crippen LogP contribution is 1.81. The van der Waals surface area contributed by atoms with E-state index < -0.39 is 0 Å². The fourth-order valence-electron chi connectivity index (χ4n) is 0.243. The largest absolute Gasteiger partial charge is 0.290 e. The third-order valence-corrected chi connectivity index (χ3v) is 0.659. The van der Waals surface area contributed by atoms with Crippen molar-refractivity contribution in [1.82, 2.24) is 5.48 Å². The normalized spacial score (nSPS) is 9.50. The first-order valence-corrected chi connectivity index (χ1v) is 2.79. The first-order valence-electron chi connectivity index (χ1n) is 2.79. The van der Waals surface area contributed by atoms with E-state index in [9.17, 15) is 0 Å². The molecule has 10 heavy (non-hydrogen) atoms. The third-order valence-electron chi connectivity index (χ3n) is 0.659. The van der Waals surface area contributed by atoms with Gasteiger partial charge in [0.1, 0.15) is 12.2 Å². The third kappa shape index (κ3) is 4.99. The Morgan fingerprint density at radius 3 is 2.60 bits per heavy atom. The minimum Gasteiger partial charge on any atom is -0.290 e. The van der Waals surface area contributed by atoms with Crippen LogP contribution in [0.2, 0.25) is 0 Å². The molecule has 0 aliphatic rings. The first kappa shape index (κ1) is 8.84. The van der Waals surface area contributed by atoms with Gasteiger partial charge in [0.2, 0.25) is 0 Å². The molecule has 0 spiro atoms. The lowest BCUT2D eigenvalue weighted by atomic mass is 10.5. The molecule has 0 amide bonds. The maximum absolute atomic E-state index is 8.19. The van der Waals surface area contributed by atoms with Crippen LogP contribution in [0.25, 0.3) is 0 Å². The molecule has 2 N–H and O–H groups in total. The summed E-state index contributed by atoms with van der Waals surface area (Å²) in [5, 5.41) is 8.19. The van der Waals surface area contributed by atoms with Crippen molar-refractivity contribution in [3.8, 4) is 0 Å². The van der Waals surface area contributed by atoms with Crippen LogP contribution in [0.15, 0.2) is 22.4 Å². The van der Waals surface area contributed by atoms with E-state index in [1.165, 1.54) is 6.34 Å². The minimum absolute atomic E-state index is 0.171. The summed E-state index contributed by atoms with van der Waals surface area (Å²) in [5.74, 6) is 0.171. The fraction of sp³-hybridized carbons (Fsp3) is 0.333. The van der Waals surface area contributed by atoms with Crippen LogP contribution in [-0.4, -0.2) is 17.3 Å². The van der Waals surface area contributed by atoms with Gasteiger partial charge >= 0.3 is 0 Å². The molecule has 0 heterocycles. The number of hydrogen-bond acceptors (Lipinski definition) is 3. The van der Waals surface area contributed by atoms with E-state index in [0.29, 0.717) is 0 Å². The Hall–Kier alpha value is -1.16. The molecular weight excluding hydrogens is 130 g/mol. The van der Waals surface area contributed by atoms with Crippen LogP contribution in [0.5, 0.6) is 0 Å². The molecule has 0 saturated heterocycles. The maximum atomic E-state index is 8.19. The number of rotatable bonds is 3. The van der Waals surface area contributed by atoms with E-state index >= 15 is 0 Å². The van der Waals surface area contributed by atoms with Crippen LogP contribution in [0.3, 0.4) is 0 Å². The number of nitrogens with zero attached hydrogens (tertiary/aromatic N) is 2. The van der Waals surface area contributed by atoms with Gasteiger partial charge in [0.15, 0.2) is 0 Å². The summed E-state index contributed by atoms with van der Waals surface area (Å²) < 4.78 is 0. The number of nitrogens with one attached hydrogen (secondary N) is 1. The van der Waals surface area contributed by atoms with Gasteiger partial charge in [-0.25, -0.2) is 9.98 Å². The standard InChI is InChI=1S/C6H11N3O/c1-5(2)7-4-8-6(3)9-10/h4,9-10H,3H2,1-2H3/b8-4-. The molecule has 0 fully saturated rings. The topological polar surface area (TPSA) is 57.0 Å². The van der Waals surface area contributed by atoms with Crippen LogP contribution < -0.4 is 5.48 Å². The summed E-state index contributed by atoms with van der Waals surface area (Å²) >= 11 is 0. The van der Waals surface area contributed by atoms with E-state index in [1.807, 2.05) is 13.8 Å². The SMILES string of the molecule is C=C(/N=C\N=C(C)C)NO. The van der Waals surface area contributed by atoms with Crippen LogP contribution in [-0.2, 0) is 0 Å². The zero-order chi connectivity index (χ0) is 7.98. The van der Waals surface area contributed by atoms with Crippen LogP contribution >= 0.6 is 0 Å². The van der Waals surface area contributed by atoms with Gasteiger partial charge in [0.25, 0.3) is 0 Å². The van der Waals surface area contributed by atoms with Crippen molar-refractivity contribution in [2.75, 3.05) is 0 Å². The lowest BCUT2D eigenvalue weighted by Gasteiger charge is -1.90. The van der Waals surface area contributed by atoms with Crippen LogP contribution in [0.1, 0.15) is 13.8 Å². The van der Waals surface area contributed by atoms with Gasteiger partial charge in [0.05, 0.1) is 0 Å². The van der Waals surface area contributed by atoms with E-state index in [2.05, 4.69) is 16.6 Å².